The number of aromatic nitrogens is 1. The molecule has 3 rings (SSSR count). The van der Waals surface area contributed by atoms with Crippen LogP contribution in [0.5, 0.6) is 0 Å². The fourth-order valence-electron chi connectivity index (χ4n) is 2.48. The second-order valence-corrected chi connectivity index (χ2v) is 5.55. The second kappa shape index (κ2) is 5.73. The molecule has 0 fully saturated rings. The molecule has 0 amide bonds. The molecule has 0 aliphatic carbocycles. The molecular formula is C17H15BrN2. The van der Waals surface area contributed by atoms with Gasteiger partial charge in [-0.25, -0.2) is 0 Å². The minimum Gasteiger partial charge on any atom is -0.309 e. The first-order valence-electron chi connectivity index (χ1n) is 6.56. The summed E-state index contributed by atoms with van der Waals surface area (Å²) in [5.74, 6) is 0. The van der Waals surface area contributed by atoms with Crippen LogP contribution in [0.25, 0.3) is 10.9 Å². The Kier molecular flexibility index (Phi) is 3.81. The second-order valence-electron chi connectivity index (χ2n) is 4.70. The van der Waals surface area contributed by atoms with Crippen molar-refractivity contribution >= 4 is 26.8 Å². The first kappa shape index (κ1) is 13.3. The zero-order valence-corrected chi connectivity index (χ0v) is 12.8. The van der Waals surface area contributed by atoms with E-state index in [1.54, 1.807) is 0 Å². The third-order valence-corrected chi connectivity index (χ3v) is 4.19. The summed E-state index contributed by atoms with van der Waals surface area (Å²) >= 11 is 3.63. The summed E-state index contributed by atoms with van der Waals surface area (Å²) in [6.45, 7) is 0. The van der Waals surface area contributed by atoms with Crippen LogP contribution in [-0.2, 0) is 0 Å². The highest BCUT2D eigenvalue weighted by Crippen LogP contribution is 2.29. The van der Waals surface area contributed by atoms with Crippen LogP contribution in [0.15, 0.2) is 65.3 Å². The van der Waals surface area contributed by atoms with E-state index < -0.39 is 0 Å². The highest BCUT2D eigenvalue weighted by atomic mass is 79.9. The van der Waals surface area contributed by atoms with Crippen molar-refractivity contribution in [2.45, 2.75) is 6.04 Å². The number of benzene rings is 2. The van der Waals surface area contributed by atoms with Gasteiger partial charge >= 0.3 is 0 Å². The minimum atomic E-state index is 0.162. The van der Waals surface area contributed by atoms with Crippen LogP contribution < -0.4 is 5.32 Å². The number of pyridine rings is 1. The van der Waals surface area contributed by atoms with E-state index >= 15 is 0 Å². The van der Waals surface area contributed by atoms with E-state index in [1.165, 1.54) is 11.1 Å². The van der Waals surface area contributed by atoms with Gasteiger partial charge in [0.15, 0.2) is 0 Å². The van der Waals surface area contributed by atoms with Crippen LogP contribution in [0.3, 0.4) is 0 Å². The molecule has 0 bridgehead atoms. The quantitative estimate of drug-likeness (QED) is 0.775. The maximum Gasteiger partial charge on any atom is 0.0702 e. The van der Waals surface area contributed by atoms with Gasteiger partial charge in [-0.05, 0) is 42.4 Å². The number of nitrogens with zero attached hydrogens (tertiary/aromatic N) is 1. The van der Waals surface area contributed by atoms with E-state index in [-0.39, 0.29) is 6.04 Å². The molecule has 0 saturated carbocycles. The zero-order chi connectivity index (χ0) is 13.9. The Morgan fingerprint density at radius 1 is 1.05 bits per heavy atom. The lowest BCUT2D eigenvalue weighted by Crippen LogP contribution is -2.18. The van der Waals surface area contributed by atoms with E-state index in [0.29, 0.717) is 0 Å². The first-order chi connectivity index (χ1) is 9.79. The van der Waals surface area contributed by atoms with Crippen molar-refractivity contribution in [2.75, 3.05) is 7.05 Å². The number of rotatable bonds is 3. The summed E-state index contributed by atoms with van der Waals surface area (Å²) in [5, 5.41) is 4.55. The molecule has 0 radical (unpaired) electrons. The minimum absolute atomic E-state index is 0.162. The maximum absolute atomic E-state index is 4.37. The number of hydrogen-bond donors (Lipinski definition) is 1. The maximum atomic E-state index is 4.37. The van der Waals surface area contributed by atoms with Crippen molar-refractivity contribution in [2.24, 2.45) is 0 Å². The molecule has 3 heteroatoms. The third kappa shape index (κ3) is 2.47. The molecule has 1 atom stereocenters. The van der Waals surface area contributed by atoms with Gasteiger partial charge in [0.05, 0.1) is 11.6 Å². The van der Waals surface area contributed by atoms with E-state index in [9.17, 15) is 0 Å². The summed E-state index contributed by atoms with van der Waals surface area (Å²) in [6, 6.07) is 18.9. The smallest absolute Gasteiger partial charge is 0.0702 e. The fourth-order valence-corrected chi connectivity index (χ4v) is 3.00. The van der Waals surface area contributed by atoms with Crippen LogP contribution in [0.2, 0.25) is 0 Å². The average Bonchev–Trinajstić information content (AvgIpc) is 2.50. The zero-order valence-electron chi connectivity index (χ0n) is 11.2. The third-order valence-electron chi connectivity index (χ3n) is 3.47. The standard InChI is InChI=1S/C17H15BrN2/c1-19-17(14-6-2-3-7-15(14)18)13-8-9-16-12(11-13)5-4-10-20-16/h2-11,17,19H,1H3. The predicted molar refractivity (Wildman–Crippen MR) is 86.8 cm³/mol. The molecule has 20 heavy (non-hydrogen) atoms. The van der Waals surface area contributed by atoms with Crippen molar-refractivity contribution in [3.8, 4) is 0 Å². The van der Waals surface area contributed by atoms with Gasteiger partial charge in [0.25, 0.3) is 0 Å². The summed E-state index contributed by atoms with van der Waals surface area (Å²) in [5.41, 5.74) is 3.50. The van der Waals surface area contributed by atoms with Crippen molar-refractivity contribution in [1.29, 1.82) is 0 Å². The highest BCUT2D eigenvalue weighted by Gasteiger charge is 2.14. The molecular weight excluding hydrogens is 312 g/mol. The Morgan fingerprint density at radius 2 is 1.90 bits per heavy atom. The molecule has 1 unspecified atom stereocenters. The van der Waals surface area contributed by atoms with Crippen molar-refractivity contribution in [3.05, 3.63) is 76.4 Å². The number of halogens is 1. The summed E-state index contributed by atoms with van der Waals surface area (Å²) in [4.78, 5) is 4.37. The summed E-state index contributed by atoms with van der Waals surface area (Å²) in [6.07, 6.45) is 1.82. The van der Waals surface area contributed by atoms with Gasteiger partial charge in [-0.3, -0.25) is 4.98 Å². The van der Waals surface area contributed by atoms with E-state index in [1.807, 2.05) is 25.4 Å². The first-order valence-corrected chi connectivity index (χ1v) is 7.35. The molecule has 0 spiro atoms. The highest BCUT2D eigenvalue weighted by molar-refractivity contribution is 9.10. The molecule has 0 saturated heterocycles. The number of fused-ring (bicyclic) bond motifs is 1. The molecule has 0 aliphatic rings. The van der Waals surface area contributed by atoms with Gasteiger partial charge < -0.3 is 5.32 Å². The topological polar surface area (TPSA) is 24.9 Å². The van der Waals surface area contributed by atoms with E-state index in [0.717, 1.165) is 15.4 Å². The Hall–Kier alpha value is -1.71. The van der Waals surface area contributed by atoms with E-state index in [2.05, 4.69) is 68.7 Å². The van der Waals surface area contributed by atoms with Crippen LogP contribution in [0.1, 0.15) is 17.2 Å². The Balaban J connectivity index is 2.10. The molecule has 1 N–H and O–H groups in total. The normalized spacial score (nSPS) is 12.5. The molecule has 1 aromatic heterocycles. The van der Waals surface area contributed by atoms with E-state index in [4.69, 9.17) is 0 Å². The predicted octanol–water partition coefficient (Wildman–Crippen LogP) is 4.31. The fraction of sp³-hybridized carbons (Fsp3) is 0.118. The Labute approximate surface area is 127 Å². The van der Waals surface area contributed by atoms with Crippen LogP contribution in [-0.4, -0.2) is 12.0 Å². The number of hydrogen-bond acceptors (Lipinski definition) is 2. The lowest BCUT2D eigenvalue weighted by Gasteiger charge is -2.19. The molecule has 2 nitrogen and oxygen atoms in total. The molecule has 2 aromatic carbocycles. The molecule has 3 aromatic rings. The van der Waals surface area contributed by atoms with Gasteiger partial charge in [0.1, 0.15) is 0 Å². The lowest BCUT2D eigenvalue weighted by molar-refractivity contribution is 0.690. The van der Waals surface area contributed by atoms with Crippen molar-refractivity contribution in [3.63, 3.8) is 0 Å². The Bertz CT molecular complexity index is 740. The van der Waals surface area contributed by atoms with Gasteiger partial charge in [-0.15, -0.1) is 0 Å². The van der Waals surface area contributed by atoms with Gasteiger partial charge in [-0.1, -0.05) is 46.3 Å². The van der Waals surface area contributed by atoms with Crippen LogP contribution >= 0.6 is 15.9 Å². The molecule has 100 valence electrons. The van der Waals surface area contributed by atoms with Crippen molar-refractivity contribution < 1.29 is 0 Å². The van der Waals surface area contributed by atoms with Gasteiger partial charge in [0.2, 0.25) is 0 Å². The molecule has 1 heterocycles. The van der Waals surface area contributed by atoms with Crippen molar-refractivity contribution in [1.82, 2.24) is 10.3 Å². The summed E-state index contributed by atoms with van der Waals surface area (Å²) in [7, 11) is 1.98. The van der Waals surface area contributed by atoms with Crippen LogP contribution in [0, 0.1) is 0 Å². The average molecular weight is 327 g/mol. The SMILES string of the molecule is CNC(c1ccc2ncccc2c1)c1ccccc1Br. The molecule has 0 aliphatic heterocycles. The lowest BCUT2D eigenvalue weighted by atomic mass is 9.97. The van der Waals surface area contributed by atoms with Gasteiger partial charge in [-0.2, -0.15) is 0 Å². The largest absolute Gasteiger partial charge is 0.309 e. The van der Waals surface area contributed by atoms with Crippen LogP contribution in [0.4, 0.5) is 0 Å². The Morgan fingerprint density at radius 3 is 2.70 bits per heavy atom. The number of nitrogens with one attached hydrogen (secondary N) is 1. The van der Waals surface area contributed by atoms with Gasteiger partial charge in [0, 0.05) is 16.1 Å². The monoisotopic (exact) mass is 326 g/mol. The summed E-state index contributed by atoms with van der Waals surface area (Å²) < 4.78 is 1.12.